The van der Waals surface area contributed by atoms with E-state index in [1.54, 1.807) is 26.1 Å². The first-order chi connectivity index (χ1) is 14.0. The molecular formula is C23H27N3O3. The number of hydrogen-bond donors (Lipinski definition) is 0. The number of amides is 2. The van der Waals surface area contributed by atoms with Crippen LogP contribution in [0.15, 0.2) is 48.5 Å². The van der Waals surface area contributed by atoms with Crippen LogP contribution in [0.3, 0.4) is 0 Å². The van der Waals surface area contributed by atoms with Gasteiger partial charge in [-0.05, 0) is 29.7 Å². The molecule has 2 aliphatic heterocycles. The molecule has 0 N–H and O–H groups in total. The summed E-state index contributed by atoms with van der Waals surface area (Å²) in [5, 5.41) is 0. The second-order valence-corrected chi connectivity index (χ2v) is 7.90. The van der Waals surface area contributed by atoms with Gasteiger partial charge in [0.2, 0.25) is 11.8 Å². The molecule has 0 aliphatic carbocycles. The molecule has 2 atom stereocenters. The number of piperazine rings is 1. The molecule has 4 rings (SSSR count). The molecule has 29 heavy (non-hydrogen) atoms. The van der Waals surface area contributed by atoms with E-state index in [0.29, 0.717) is 18.7 Å². The Bertz CT molecular complexity index is 913. The molecule has 0 saturated carbocycles. The van der Waals surface area contributed by atoms with Gasteiger partial charge in [-0.25, -0.2) is 0 Å². The largest absolute Gasteiger partial charge is 0.495 e. The van der Waals surface area contributed by atoms with Crippen LogP contribution in [-0.4, -0.2) is 68.0 Å². The lowest BCUT2D eigenvalue weighted by molar-refractivity contribution is -0.130. The van der Waals surface area contributed by atoms with E-state index >= 15 is 0 Å². The number of anilines is 1. The monoisotopic (exact) mass is 393 g/mol. The number of likely N-dealkylation sites (tertiary alicyclic amines) is 1. The van der Waals surface area contributed by atoms with E-state index in [1.807, 2.05) is 41.3 Å². The summed E-state index contributed by atoms with van der Waals surface area (Å²) in [6, 6.07) is 16.1. The fourth-order valence-corrected chi connectivity index (χ4v) is 4.38. The highest BCUT2D eigenvalue weighted by atomic mass is 16.5. The highest BCUT2D eigenvalue weighted by Gasteiger charge is 2.50. The molecule has 2 aromatic rings. The van der Waals surface area contributed by atoms with Crippen LogP contribution in [0, 0.1) is 0 Å². The van der Waals surface area contributed by atoms with E-state index in [-0.39, 0.29) is 23.9 Å². The third-order valence-electron chi connectivity index (χ3n) is 5.93. The summed E-state index contributed by atoms with van der Waals surface area (Å²) in [7, 11) is 5.16. The summed E-state index contributed by atoms with van der Waals surface area (Å²) in [6.45, 7) is 1.41. The van der Waals surface area contributed by atoms with Crippen molar-refractivity contribution >= 4 is 17.5 Å². The minimum atomic E-state index is -0.153. The molecule has 2 amide bonds. The predicted octanol–water partition coefficient (Wildman–Crippen LogP) is 2.63. The predicted molar refractivity (Wildman–Crippen MR) is 113 cm³/mol. The van der Waals surface area contributed by atoms with E-state index in [0.717, 1.165) is 29.8 Å². The topological polar surface area (TPSA) is 53.1 Å². The molecule has 2 heterocycles. The highest BCUT2D eigenvalue weighted by molar-refractivity contribution is 6.03. The number of carbonyl (C=O) groups excluding carboxylic acids is 2. The summed E-state index contributed by atoms with van der Waals surface area (Å²) in [4.78, 5) is 30.8. The summed E-state index contributed by atoms with van der Waals surface area (Å²) >= 11 is 0. The lowest BCUT2D eigenvalue weighted by Gasteiger charge is -2.34. The van der Waals surface area contributed by atoms with Crippen LogP contribution in [0.25, 0.3) is 11.1 Å². The number of fused-ring (bicyclic) bond motifs is 2. The van der Waals surface area contributed by atoms with Gasteiger partial charge in [-0.3, -0.25) is 14.5 Å². The van der Waals surface area contributed by atoms with Gasteiger partial charge in [0.15, 0.2) is 0 Å². The van der Waals surface area contributed by atoms with Gasteiger partial charge in [0.05, 0.1) is 24.9 Å². The van der Waals surface area contributed by atoms with Crippen molar-refractivity contribution in [3.8, 4) is 16.9 Å². The average molecular weight is 393 g/mol. The SMILES string of the molecule is COc1ccc(-c2ccccc2)cc1N1C(=O)[C@@H]2C[C@H]1CN2CCC(=O)N(C)C. The fraction of sp³-hybridized carbons (Fsp3) is 0.391. The minimum absolute atomic E-state index is 0.0920. The zero-order valence-corrected chi connectivity index (χ0v) is 17.2. The second kappa shape index (κ2) is 7.87. The molecule has 152 valence electrons. The number of hydrogen-bond acceptors (Lipinski definition) is 4. The molecule has 2 bridgehead atoms. The van der Waals surface area contributed by atoms with Crippen LogP contribution in [-0.2, 0) is 9.59 Å². The fourth-order valence-electron chi connectivity index (χ4n) is 4.38. The van der Waals surface area contributed by atoms with Crippen LogP contribution in [0.1, 0.15) is 12.8 Å². The Morgan fingerprint density at radius 3 is 2.55 bits per heavy atom. The number of methoxy groups -OCH3 is 1. The van der Waals surface area contributed by atoms with E-state index in [1.165, 1.54) is 0 Å². The summed E-state index contributed by atoms with van der Waals surface area (Å²) in [5.74, 6) is 0.899. The molecular weight excluding hydrogens is 366 g/mol. The van der Waals surface area contributed by atoms with Gasteiger partial charge >= 0.3 is 0 Å². The Morgan fingerprint density at radius 2 is 1.90 bits per heavy atom. The van der Waals surface area contributed by atoms with Crippen molar-refractivity contribution in [3.63, 3.8) is 0 Å². The van der Waals surface area contributed by atoms with Crippen LogP contribution in [0.2, 0.25) is 0 Å². The van der Waals surface area contributed by atoms with Crippen LogP contribution in [0.4, 0.5) is 5.69 Å². The van der Waals surface area contributed by atoms with E-state index in [2.05, 4.69) is 17.0 Å². The Balaban J connectivity index is 1.56. The zero-order chi connectivity index (χ0) is 20.5. The first-order valence-electron chi connectivity index (χ1n) is 10.0. The van der Waals surface area contributed by atoms with Crippen LogP contribution < -0.4 is 9.64 Å². The number of benzene rings is 2. The second-order valence-electron chi connectivity index (χ2n) is 7.90. The maximum atomic E-state index is 13.2. The van der Waals surface area contributed by atoms with E-state index in [4.69, 9.17) is 4.74 Å². The first-order valence-corrected chi connectivity index (χ1v) is 10.0. The molecule has 6 heteroatoms. The summed E-state index contributed by atoms with van der Waals surface area (Å²) in [5.41, 5.74) is 3.00. The number of rotatable bonds is 6. The summed E-state index contributed by atoms with van der Waals surface area (Å²) < 4.78 is 5.58. The Morgan fingerprint density at radius 1 is 1.14 bits per heavy atom. The van der Waals surface area contributed by atoms with Gasteiger partial charge in [-0.1, -0.05) is 36.4 Å². The molecule has 2 aromatic carbocycles. The average Bonchev–Trinajstić information content (AvgIpc) is 3.29. The summed E-state index contributed by atoms with van der Waals surface area (Å²) in [6.07, 6.45) is 1.24. The number of nitrogens with zero attached hydrogens (tertiary/aromatic N) is 3. The van der Waals surface area contributed by atoms with Crippen molar-refractivity contribution in [3.05, 3.63) is 48.5 Å². The standard InChI is InChI=1S/C23H27N3O3/c1-24(2)22(27)11-12-25-15-18-14-20(25)23(28)26(18)19-13-17(9-10-21(19)29-3)16-7-5-4-6-8-16/h4-10,13,18,20H,11-12,14-15H2,1-3H3/t18-,20-/m0/s1. The molecule has 0 spiro atoms. The van der Waals surface area contributed by atoms with E-state index in [9.17, 15) is 9.59 Å². The maximum Gasteiger partial charge on any atom is 0.244 e. The quantitative estimate of drug-likeness (QED) is 0.757. The normalized spacial score (nSPS) is 20.9. The van der Waals surface area contributed by atoms with Crippen molar-refractivity contribution in [1.82, 2.24) is 9.80 Å². The van der Waals surface area contributed by atoms with E-state index < -0.39 is 0 Å². The maximum absolute atomic E-state index is 13.2. The van der Waals surface area contributed by atoms with Crippen LogP contribution in [0.5, 0.6) is 5.75 Å². The lowest BCUT2D eigenvalue weighted by atomic mass is 10.0. The lowest BCUT2D eigenvalue weighted by Crippen LogP contribution is -2.51. The van der Waals surface area contributed by atoms with Gasteiger partial charge in [-0.2, -0.15) is 0 Å². The smallest absolute Gasteiger partial charge is 0.244 e. The van der Waals surface area contributed by atoms with Gasteiger partial charge in [0.25, 0.3) is 0 Å². The molecule has 2 fully saturated rings. The molecule has 0 aromatic heterocycles. The number of ether oxygens (including phenoxy) is 1. The zero-order valence-electron chi connectivity index (χ0n) is 17.2. The third kappa shape index (κ3) is 3.60. The van der Waals surface area contributed by atoms with Crippen molar-refractivity contribution < 1.29 is 14.3 Å². The highest BCUT2D eigenvalue weighted by Crippen LogP contribution is 2.41. The van der Waals surface area contributed by atoms with Gasteiger partial charge < -0.3 is 14.5 Å². The van der Waals surface area contributed by atoms with Crippen molar-refractivity contribution in [1.29, 1.82) is 0 Å². The van der Waals surface area contributed by atoms with Crippen molar-refractivity contribution in [2.45, 2.75) is 24.9 Å². The Labute approximate surface area is 171 Å². The first kappa shape index (κ1) is 19.5. The molecule has 0 radical (unpaired) electrons. The number of carbonyl (C=O) groups is 2. The molecule has 2 saturated heterocycles. The third-order valence-corrected chi connectivity index (χ3v) is 5.93. The van der Waals surface area contributed by atoms with Gasteiger partial charge in [-0.15, -0.1) is 0 Å². The molecule has 6 nitrogen and oxygen atoms in total. The molecule has 2 aliphatic rings. The molecule has 0 unspecified atom stereocenters. The van der Waals surface area contributed by atoms with Crippen molar-refractivity contribution in [2.24, 2.45) is 0 Å². The minimum Gasteiger partial charge on any atom is -0.495 e. The Kier molecular flexibility index (Phi) is 5.28. The Hall–Kier alpha value is -2.86. The van der Waals surface area contributed by atoms with Crippen LogP contribution >= 0.6 is 0 Å². The van der Waals surface area contributed by atoms with Gasteiger partial charge in [0.1, 0.15) is 5.75 Å². The van der Waals surface area contributed by atoms with Gasteiger partial charge in [0, 0.05) is 33.6 Å². The van der Waals surface area contributed by atoms with Crippen molar-refractivity contribution in [2.75, 3.05) is 39.2 Å².